The lowest BCUT2D eigenvalue weighted by Crippen LogP contribution is -2.37. The number of benzene rings is 1. The molecule has 0 aliphatic carbocycles. The Morgan fingerprint density at radius 2 is 1.94 bits per heavy atom. The Kier molecular flexibility index (Phi) is 4.08. The quantitative estimate of drug-likeness (QED) is 0.767. The van der Waals surface area contributed by atoms with E-state index in [1.54, 1.807) is 0 Å². The topological polar surface area (TPSA) is 17.1 Å². The Balaban J connectivity index is 2.92. The molecule has 1 aromatic carbocycles. The Bertz CT molecular complexity index is 433. The summed E-state index contributed by atoms with van der Waals surface area (Å²) in [5.74, 6) is -7.55. The highest BCUT2D eigenvalue weighted by Gasteiger charge is 2.48. The molecule has 7 heteroatoms. The molecule has 0 unspecified atom stereocenters. The van der Waals surface area contributed by atoms with E-state index in [-0.39, 0.29) is 10.6 Å². The molecule has 1 nitrogen and oxygen atoms in total. The monoisotopic (exact) mass is 272 g/mol. The van der Waals surface area contributed by atoms with Gasteiger partial charge in [-0.25, -0.2) is 13.2 Å². The number of halogens is 6. The van der Waals surface area contributed by atoms with E-state index in [0.29, 0.717) is 0 Å². The third-order valence-electron chi connectivity index (χ3n) is 2.00. The van der Waals surface area contributed by atoms with Crippen molar-refractivity contribution < 1.29 is 26.7 Å². The summed E-state index contributed by atoms with van der Waals surface area (Å²) in [7, 11) is 0. The van der Waals surface area contributed by atoms with E-state index in [1.165, 1.54) is 0 Å². The van der Waals surface area contributed by atoms with Crippen molar-refractivity contribution in [3.05, 3.63) is 34.6 Å². The summed E-state index contributed by atoms with van der Waals surface area (Å²) in [5.41, 5.74) is -0.253. The fourth-order valence-corrected chi connectivity index (χ4v) is 1.28. The fraction of sp³-hybridized carbons (Fsp3) is 0.300. The van der Waals surface area contributed by atoms with Crippen molar-refractivity contribution in [1.82, 2.24) is 0 Å². The van der Waals surface area contributed by atoms with Crippen LogP contribution >= 0.6 is 11.6 Å². The van der Waals surface area contributed by atoms with Crippen LogP contribution in [0, 0.1) is 5.82 Å². The van der Waals surface area contributed by atoms with E-state index < -0.39 is 30.4 Å². The van der Waals surface area contributed by atoms with Crippen molar-refractivity contribution in [3.8, 4) is 0 Å². The summed E-state index contributed by atoms with van der Waals surface area (Å²) in [6.45, 7) is 0. The van der Waals surface area contributed by atoms with Crippen molar-refractivity contribution in [2.45, 2.75) is 18.8 Å². The van der Waals surface area contributed by atoms with Gasteiger partial charge >= 0.3 is 12.3 Å². The summed E-state index contributed by atoms with van der Waals surface area (Å²) >= 11 is 5.52. The Labute approximate surface area is 98.2 Å². The molecule has 0 saturated carbocycles. The number of ketones is 1. The van der Waals surface area contributed by atoms with Gasteiger partial charge in [0.2, 0.25) is 5.78 Å². The molecular weight excluding hydrogens is 267 g/mol. The minimum absolute atomic E-state index is 0.134. The van der Waals surface area contributed by atoms with Crippen molar-refractivity contribution in [1.29, 1.82) is 0 Å². The van der Waals surface area contributed by atoms with Gasteiger partial charge < -0.3 is 0 Å². The first kappa shape index (κ1) is 13.9. The van der Waals surface area contributed by atoms with E-state index in [0.717, 1.165) is 18.2 Å². The molecule has 0 atom stereocenters. The number of alkyl halides is 4. The smallest absolute Gasteiger partial charge is 0.292 e. The lowest BCUT2D eigenvalue weighted by Gasteiger charge is -2.14. The standard InChI is InChI=1S/C10H6ClF5O/c11-7-2-1-6(12)3-5(7)4-8(17)10(15,16)9(13)14/h1-3,9H,4H2. The molecule has 0 spiro atoms. The Morgan fingerprint density at radius 3 is 2.47 bits per heavy atom. The second-order valence-electron chi connectivity index (χ2n) is 3.26. The molecule has 0 bridgehead atoms. The summed E-state index contributed by atoms with van der Waals surface area (Å²) in [6.07, 6.45) is -5.14. The second-order valence-corrected chi connectivity index (χ2v) is 3.67. The number of hydrogen-bond acceptors (Lipinski definition) is 1. The third kappa shape index (κ3) is 3.15. The predicted octanol–water partition coefficient (Wildman–Crippen LogP) is 3.49. The maximum Gasteiger partial charge on any atom is 0.364 e. The number of carbonyl (C=O) groups is 1. The van der Waals surface area contributed by atoms with E-state index in [2.05, 4.69) is 0 Å². The van der Waals surface area contributed by atoms with Crippen LogP contribution in [0.3, 0.4) is 0 Å². The second kappa shape index (κ2) is 5.00. The first-order chi connectivity index (χ1) is 7.75. The predicted molar refractivity (Wildman–Crippen MR) is 51.1 cm³/mol. The molecule has 0 saturated heterocycles. The molecule has 1 rings (SSSR count). The zero-order chi connectivity index (χ0) is 13.2. The lowest BCUT2D eigenvalue weighted by atomic mass is 10.0. The van der Waals surface area contributed by atoms with Crippen LogP contribution in [0.25, 0.3) is 0 Å². The van der Waals surface area contributed by atoms with Gasteiger partial charge in [0.25, 0.3) is 0 Å². The summed E-state index contributed by atoms with van der Waals surface area (Å²) < 4.78 is 61.7. The van der Waals surface area contributed by atoms with Crippen molar-refractivity contribution in [3.63, 3.8) is 0 Å². The molecular formula is C10H6ClF5O. The van der Waals surface area contributed by atoms with Gasteiger partial charge in [-0.1, -0.05) is 11.6 Å². The molecule has 17 heavy (non-hydrogen) atoms. The minimum Gasteiger partial charge on any atom is -0.292 e. The van der Waals surface area contributed by atoms with Gasteiger partial charge in [-0.15, -0.1) is 0 Å². The average molecular weight is 273 g/mol. The van der Waals surface area contributed by atoms with E-state index in [9.17, 15) is 26.7 Å². The van der Waals surface area contributed by atoms with E-state index in [4.69, 9.17) is 11.6 Å². The van der Waals surface area contributed by atoms with Gasteiger partial charge in [0.15, 0.2) is 0 Å². The highest BCUT2D eigenvalue weighted by atomic mass is 35.5. The fourth-order valence-electron chi connectivity index (χ4n) is 1.09. The molecule has 0 aliphatic rings. The van der Waals surface area contributed by atoms with Crippen LogP contribution in [0.15, 0.2) is 18.2 Å². The van der Waals surface area contributed by atoms with Gasteiger partial charge in [-0.05, 0) is 23.8 Å². The van der Waals surface area contributed by atoms with Crippen molar-refractivity contribution in [2.24, 2.45) is 0 Å². The van der Waals surface area contributed by atoms with Crippen molar-refractivity contribution >= 4 is 17.4 Å². The zero-order valence-electron chi connectivity index (χ0n) is 8.19. The zero-order valence-corrected chi connectivity index (χ0v) is 8.95. The highest BCUT2D eigenvalue weighted by Crippen LogP contribution is 2.27. The summed E-state index contributed by atoms with van der Waals surface area (Å²) in [4.78, 5) is 10.9. The van der Waals surface area contributed by atoms with Crippen LogP contribution in [0.5, 0.6) is 0 Å². The molecule has 94 valence electrons. The summed E-state index contributed by atoms with van der Waals surface area (Å²) in [6, 6.07) is 2.77. The number of carbonyl (C=O) groups excluding carboxylic acids is 1. The first-order valence-electron chi connectivity index (χ1n) is 4.38. The minimum atomic E-state index is -4.75. The SMILES string of the molecule is O=C(Cc1cc(F)ccc1Cl)C(F)(F)C(F)F. The maximum absolute atomic E-state index is 12.7. The van der Waals surface area contributed by atoms with Crippen LogP contribution in [-0.2, 0) is 11.2 Å². The van der Waals surface area contributed by atoms with Crippen molar-refractivity contribution in [2.75, 3.05) is 0 Å². The van der Waals surface area contributed by atoms with Gasteiger partial charge in [-0.3, -0.25) is 4.79 Å². The average Bonchev–Trinajstić information content (AvgIpc) is 2.23. The molecule has 0 aromatic heterocycles. The molecule has 0 radical (unpaired) electrons. The maximum atomic E-state index is 12.7. The normalized spacial score (nSPS) is 11.9. The third-order valence-corrected chi connectivity index (χ3v) is 2.37. The number of Topliss-reactive ketones (excluding diaryl/α,β-unsaturated/α-hetero) is 1. The van der Waals surface area contributed by atoms with Gasteiger partial charge in [0.1, 0.15) is 5.82 Å². The van der Waals surface area contributed by atoms with Crippen LogP contribution in [-0.4, -0.2) is 18.1 Å². The highest BCUT2D eigenvalue weighted by molar-refractivity contribution is 6.31. The van der Waals surface area contributed by atoms with Crippen LogP contribution in [0.2, 0.25) is 5.02 Å². The van der Waals surface area contributed by atoms with Gasteiger partial charge in [0.05, 0.1) is 0 Å². The molecule has 0 N–H and O–H groups in total. The van der Waals surface area contributed by atoms with Gasteiger partial charge in [-0.2, -0.15) is 8.78 Å². The molecule has 0 aliphatic heterocycles. The van der Waals surface area contributed by atoms with Crippen LogP contribution < -0.4 is 0 Å². The lowest BCUT2D eigenvalue weighted by molar-refractivity contribution is -0.166. The molecule has 0 fully saturated rings. The summed E-state index contributed by atoms with van der Waals surface area (Å²) in [5, 5.41) is -0.134. The van der Waals surface area contributed by atoms with Crippen LogP contribution in [0.4, 0.5) is 22.0 Å². The molecule has 0 amide bonds. The van der Waals surface area contributed by atoms with Gasteiger partial charge in [0, 0.05) is 11.4 Å². The first-order valence-corrected chi connectivity index (χ1v) is 4.76. The molecule has 0 heterocycles. The number of hydrogen-bond donors (Lipinski definition) is 0. The van der Waals surface area contributed by atoms with Crippen LogP contribution in [0.1, 0.15) is 5.56 Å². The van der Waals surface area contributed by atoms with E-state index >= 15 is 0 Å². The number of rotatable bonds is 4. The Hall–Kier alpha value is -1.17. The Morgan fingerprint density at radius 1 is 1.35 bits per heavy atom. The molecule has 1 aromatic rings. The largest absolute Gasteiger partial charge is 0.364 e. The van der Waals surface area contributed by atoms with E-state index in [1.807, 2.05) is 0 Å².